The third-order valence-corrected chi connectivity index (χ3v) is 4.87. The van der Waals surface area contributed by atoms with Crippen LogP contribution >= 0.6 is 11.6 Å². The topological polar surface area (TPSA) is 125 Å². The van der Waals surface area contributed by atoms with Crippen molar-refractivity contribution >= 4 is 33.5 Å². The predicted molar refractivity (Wildman–Crippen MR) is 97.9 cm³/mol. The highest BCUT2D eigenvalue weighted by molar-refractivity contribution is 7.89. The first-order valence-corrected chi connectivity index (χ1v) is 9.53. The fraction of sp³-hybridized carbons (Fsp3) is 0.176. The van der Waals surface area contributed by atoms with E-state index in [1.807, 2.05) is 0 Å². The first-order valence-electron chi connectivity index (χ1n) is 7.60. The summed E-state index contributed by atoms with van der Waals surface area (Å²) in [4.78, 5) is 23.5. The Balaban J connectivity index is 1.94. The van der Waals surface area contributed by atoms with Gasteiger partial charge in [0.2, 0.25) is 10.0 Å². The Labute approximate surface area is 161 Å². The Hall–Kier alpha value is -2.62. The minimum absolute atomic E-state index is 0.0963. The average molecular weight is 413 g/mol. The summed E-state index contributed by atoms with van der Waals surface area (Å²) in [5, 5.41) is 7.50. The minimum Gasteiger partial charge on any atom is -0.496 e. The number of rotatable bonds is 7. The third kappa shape index (κ3) is 5.68. The molecular weight excluding hydrogens is 396 g/mol. The van der Waals surface area contributed by atoms with Crippen LogP contribution in [-0.2, 0) is 26.1 Å². The van der Waals surface area contributed by atoms with Crippen LogP contribution in [0.3, 0.4) is 0 Å². The van der Waals surface area contributed by atoms with E-state index in [4.69, 9.17) is 26.2 Å². The van der Waals surface area contributed by atoms with Crippen molar-refractivity contribution in [3.63, 3.8) is 0 Å². The van der Waals surface area contributed by atoms with E-state index in [0.717, 1.165) is 11.6 Å². The SMILES string of the molecule is COc1ccccc1CNC(=O)COC(=O)c1ccc(Cl)c(S(N)(=O)=O)c1. The summed E-state index contributed by atoms with van der Waals surface area (Å²) in [5.74, 6) is -0.801. The number of methoxy groups -OCH3 is 1. The smallest absolute Gasteiger partial charge is 0.338 e. The number of benzene rings is 2. The van der Waals surface area contributed by atoms with Gasteiger partial charge in [-0.15, -0.1) is 0 Å². The molecule has 0 saturated heterocycles. The van der Waals surface area contributed by atoms with E-state index < -0.39 is 33.4 Å². The molecule has 0 aliphatic carbocycles. The molecule has 8 nitrogen and oxygen atoms in total. The number of ether oxygens (including phenoxy) is 2. The number of hydrogen-bond donors (Lipinski definition) is 2. The van der Waals surface area contributed by atoms with Crippen LogP contribution in [0.25, 0.3) is 0 Å². The van der Waals surface area contributed by atoms with Crippen molar-refractivity contribution in [1.29, 1.82) is 0 Å². The number of para-hydroxylation sites is 1. The molecule has 10 heteroatoms. The third-order valence-electron chi connectivity index (χ3n) is 3.48. The van der Waals surface area contributed by atoms with E-state index in [-0.39, 0.29) is 17.1 Å². The second-order valence-corrected chi connectivity index (χ2v) is 7.29. The van der Waals surface area contributed by atoms with Crippen LogP contribution in [0.15, 0.2) is 47.4 Å². The molecule has 0 saturated carbocycles. The molecule has 2 aromatic carbocycles. The molecule has 0 heterocycles. The van der Waals surface area contributed by atoms with Crippen LogP contribution in [0, 0.1) is 0 Å². The molecule has 0 radical (unpaired) electrons. The number of sulfonamides is 1. The van der Waals surface area contributed by atoms with Gasteiger partial charge in [-0.2, -0.15) is 0 Å². The van der Waals surface area contributed by atoms with Gasteiger partial charge in [0, 0.05) is 12.1 Å². The second-order valence-electron chi connectivity index (χ2n) is 5.35. The molecule has 27 heavy (non-hydrogen) atoms. The number of nitrogens with one attached hydrogen (secondary N) is 1. The summed E-state index contributed by atoms with van der Waals surface area (Å²) >= 11 is 5.75. The first-order chi connectivity index (χ1) is 12.7. The number of carbonyl (C=O) groups excluding carboxylic acids is 2. The van der Waals surface area contributed by atoms with Crippen LogP contribution < -0.4 is 15.2 Å². The van der Waals surface area contributed by atoms with Crippen LogP contribution in [0.2, 0.25) is 5.02 Å². The Morgan fingerprint density at radius 1 is 1.19 bits per heavy atom. The van der Waals surface area contributed by atoms with Gasteiger partial charge in [0.25, 0.3) is 5.91 Å². The standard InChI is InChI=1S/C17H17ClN2O6S/c1-25-14-5-3-2-4-12(14)9-20-16(21)10-26-17(22)11-6-7-13(18)15(8-11)27(19,23)24/h2-8H,9-10H2,1H3,(H,20,21)(H2,19,23,24). The zero-order valence-corrected chi connectivity index (χ0v) is 15.8. The van der Waals surface area contributed by atoms with Gasteiger partial charge < -0.3 is 14.8 Å². The summed E-state index contributed by atoms with van der Waals surface area (Å²) < 4.78 is 32.9. The second kappa shape index (κ2) is 8.85. The Kier molecular flexibility index (Phi) is 6.78. The molecule has 0 aliphatic rings. The van der Waals surface area contributed by atoms with Gasteiger partial charge in [0.1, 0.15) is 10.6 Å². The van der Waals surface area contributed by atoms with Crippen molar-refractivity contribution in [2.45, 2.75) is 11.4 Å². The fourth-order valence-electron chi connectivity index (χ4n) is 2.16. The molecule has 0 spiro atoms. The number of halogens is 1. The molecule has 0 fully saturated rings. The highest BCUT2D eigenvalue weighted by Crippen LogP contribution is 2.22. The molecule has 144 valence electrons. The summed E-state index contributed by atoms with van der Waals surface area (Å²) in [6.45, 7) is -0.349. The Morgan fingerprint density at radius 3 is 2.56 bits per heavy atom. The maximum absolute atomic E-state index is 12.0. The van der Waals surface area contributed by atoms with Crippen molar-refractivity contribution in [3.05, 3.63) is 58.6 Å². The van der Waals surface area contributed by atoms with Crippen molar-refractivity contribution < 1.29 is 27.5 Å². The lowest BCUT2D eigenvalue weighted by Crippen LogP contribution is -2.28. The molecule has 0 atom stereocenters. The lowest BCUT2D eigenvalue weighted by atomic mass is 10.2. The highest BCUT2D eigenvalue weighted by Gasteiger charge is 2.18. The number of primary sulfonamides is 1. The summed E-state index contributed by atoms with van der Waals surface area (Å²) in [5.41, 5.74) is 0.663. The van der Waals surface area contributed by atoms with E-state index in [0.29, 0.717) is 5.75 Å². The van der Waals surface area contributed by atoms with Gasteiger partial charge in [-0.1, -0.05) is 29.8 Å². The maximum Gasteiger partial charge on any atom is 0.338 e. The first kappa shape index (κ1) is 20.7. The molecular formula is C17H17ClN2O6S. The summed E-state index contributed by atoms with van der Waals surface area (Å²) in [6, 6.07) is 10.6. The molecule has 2 rings (SSSR count). The summed E-state index contributed by atoms with van der Waals surface area (Å²) in [6.07, 6.45) is 0. The molecule has 2 aromatic rings. The van der Waals surface area contributed by atoms with Crippen molar-refractivity contribution in [1.82, 2.24) is 5.32 Å². The van der Waals surface area contributed by atoms with Crippen LogP contribution in [-0.4, -0.2) is 34.0 Å². The normalized spacial score (nSPS) is 10.9. The van der Waals surface area contributed by atoms with Crippen molar-refractivity contribution in [2.75, 3.05) is 13.7 Å². The quantitative estimate of drug-likeness (QED) is 0.663. The molecule has 0 aliphatic heterocycles. The van der Waals surface area contributed by atoms with Gasteiger partial charge in [0.05, 0.1) is 17.7 Å². The molecule has 3 N–H and O–H groups in total. The minimum atomic E-state index is -4.10. The fourth-order valence-corrected chi connectivity index (χ4v) is 3.23. The number of amides is 1. The number of nitrogens with two attached hydrogens (primary N) is 1. The monoisotopic (exact) mass is 412 g/mol. The van der Waals surface area contributed by atoms with Gasteiger partial charge in [-0.3, -0.25) is 4.79 Å². The van der Waals surface area contributed by atoms with E-state index >= 15 is 0 Å². The van der Waals surface area contributed by atoms with Crippen LogP contribution in [0.1, 0.15) is 15.9 Å². The maximum atomic E-state index is 12.0. The van der Waals surface area contributed by atoms with E-state index in [1.165, 1.54) is 19.2 Å². The lowest BCUT2D eigenvalue weighted by molar-refractivity contribution is -0.124. The van der Waals surface area contributed by atoms with Crippen molar-refractivity contribution in [3.8, 4) is 5.75 Å². The largest absolute Gasteiger partial charge is 0.496 e. The number of hydrogen-bond acceptors (Lipinski definition) is 6. The van der Waals surface area contributed by atoms with Gasteiger partial charge in [-0.25, -0.2) is 18.4 Å². The van der Waals surface area contributed by atoms with Gasteiger partial charge in [0.15, 0.2) is 6.61 Å². The molecule has 1 amide bonds. The van der Waals surface area contributed by atoms with Gasteiger partial charge >= 0.3 is 5.97 Å². The Bertz CT molecular complexity index is 962. The number of carbonyl (C=O) groups is 2. The molecule has 0 aromatic heterocycles. The average Bonchev–Trinajstić information content (AvgIpc) is 2.64. The van der Waals surface area contributed by atoms with E-state index in [1.54, 1.807) is 24.3 Å². The Morgan fingerprint density at radius 2 is 1.89 bits per heavy atom. The molecule has 0 bridgehead atoms. The predicted octanol–water partition coefficient (Wildman–Crippen LogP) is 1.47. The van der Waals surface area contributed by atoms with Crippen molar-refractivity contribution in [2.24, 2.45) is 5.14 Å². The van der Waals surface area contributed by atoms with E-state index in [2.05, 4.69) is 5.32 Å². The zero-order valence-electron chi connectivity index (χ0n) is 14.3. The van der Waals surface area contributed by atoms with E-state index in [9.17, 15) is 18.0 Å². The lowest BCUT2D eigenvalue weighted by Gasteiger charge is -2.10. The van der Waals surface area contributed by atoms with Crippen LogP contribution in [0.5, 0.6) is 5.75 Å². The van der Waals surface area contributed by atoms with Crippen LogP contribution in [0.4, 0.5) is 0 Å². The molecule has 0 unspecified atom stereocenters. The highest BCUT2D eigenvalue weighted by atomic mass is 35.5. The van der Waals surface area contributed by atoms with Gasteiger partial charge in [-0.05, 0) is 24.3 Å². The zero-order chi connectivity index (χ0) is 20.0. The summed E-state index contributed by atoms with van der Waals surface area (Å²) in [7, 11) is -2.58. The number of esters is 1.